The Morgan fingerprint density at radius 2 is 1.86 bits per heavy atom. The summed E-state index contributed by atoms with van der Waals surface area (Å²) in [6.07, 6.45) is 11.8. The number of methoxy groups -OCH3 is 1. The third-order valence-electron chi connectivity index (χ3n) is 3.61. The molecule has 0 saturated carbocycles. The highest BCUT2D eigenvalue weighted by Gasteiger charge is 2.10. The summed E-state index contributed by atoms with van der Waals surface area (Å²) in [5.41, 5.74) is 2.08. The first-order valence-corrected chi connectivity index (χ1v) is 8.09. The van der Waals surface area contributed by atoms with Crippen LogP contribution in [0.15, 0.2) is 42.0 Å². The Hall–Kier alpha value is -1.54. The van der Waals surface area contributed by atoms with Gasteiger partial charge in [-0.15, -0.1) is 0 Å². The molecule has 0 saturated heterocycles. The van der Waals surface area contributed by atoms with Gasteiger partial charge in [0.1, 0.15) is 5.75 Å². The first-order valence-electron chi connectivity index (χ1n) is 8.09. The third kappa shape index (κ3) is 8.68. The van der Waals surface area contributed by atoms with Crippen molar-refractivity contribution in [1.82, 2.24) is 0 Å². The third-order valence-corrected chi connectivity index (χ3v) is 3.61. The molecule has 122 valence electrons. The van der Waals surface area contributed by atoms with E-state index in [-0.39, 0.29) is 0 Å². The SMILES string of the molecule is COc1ccc(/C=C/CC/C=C(\C)CCCC(C)(C)O)cc1. The van der Waals surface area contributed by atoms with E-state index < -0.39 is 5.60 Å². The van der Waals surface area contributed by atoms with Crippen molar-refractivity contribution in [2.75, 3.05) is 7.11 Å². The number of hydrogen-bond donors (Lipinski definition) is 1. The monoisotopic (exact) mass is 302 g/mol. The molecule has 0 radical (unpaired) electrons. The Labute approximate surface area is 135 Å². The highest BCUT2D eigenvalue weighted by atomic mass is 16.5. The summed E-state index contributed by atoms with van der Waals surface area (Å²) in [4.78, 5) is 0. The zero-order valence-corrected chi connectivity index (χ0v) is 14.4. The van der Waals surface area contributed by atoms with Crippen LogP contribution in [0.3, 0.4) is 0 Å². The van der Waals surface area contributed by atoms with Gasteiger partial charge in [0.15, 0.2) is 0 Å². The Kier molecular flexibility index (Phi) is 7.97. The molecule has 0 spiro atoms. The molecule has 0 unspecified atom stereocenters. The number of aliphatic hydroxyl groups is 1. The molecule has 2 nitrogen and oxygen atoms in total. The lowest BCUT2D eigenvalue weighted by Gasteiger charge is -2.16. The van der Waals surface area contributed by atoms with Gasteiger partial charge in [0, 0.05) is 0 Å². The minimum Gasteiger partial charge on any atom is -0.497 e. The fraction of sp³-hybridized carbons (Fsp3) is 0.500. The first kappa shape index (κ1) is 18.5. The van der Waals surface area contributed by atoms with E-state index in [0.717, 1.165) is 37.9 Å². The largest absolute Gasteiger partial charge is 0.497 e. The van der Waals surface area contributed by atoms with E-state index in [0.29, 0.717) is 0 Å². The van der Waals surface area contributed by atoms with Crippen LogP contribution in [-0.2, 0) is 0 Å². The number of rotatable bonds is 9. The zero-order valence-electron chi connectivity index (χ0n) is 14.4. The van der Waals surface area contributed by atoms with Crippen LogP contribution in [0.1, 0.15) is 58.4 Å². The molecule has 0 atom stereocenters. The van der Waals surface area contributed by atoms with E-state index in [4.69, 9.17) is 4.74 Å². The first-order chi connectivity index (χ1) is 10.4. The molecule has 0 bridgehead atoms. The molecule has 22 heavy (non-hydrogen) atoms. The summed E-state index contributed by atoms with van der Waals surface area (Å²) in [6, 6.07) is 8.08. The van der Waals surface area contributed by atoms with Gasteiger partial charge in [0.25, 0.3) is 0 Å². The Morgan fingerprint density at radius 1 is 1.18 bits per heavy atom. The lowest BCUT2D eigenvalue weighted by Crippen LogP contribution is -2.17. The van der Waals surface area contributed by atoms with Crippen molar-refractivity contribution in [3.63, 3.8) is 0 Å². The minimum atomic E-state index is -0.540. The molecule has 0 fully saturated rings. The molecule has 0 aromatic heterocycles. The summed E-state index contributed by atoms with van der Waals surface area (Å²) in [7, 11) is 1.68. The smallest absolute Gasteiger partial charge is 0.118 e. The van der Waals surface area contributed by atoms with Crippen molar-refractivity contribution in [1.29, 1.82) is 0 Å². The quantitative estimate of drug-likeness (QED) is 0.490. The van der Waals surface area contributed by atoms with Gasteiger partial charge >= 0.3 is 0 Å². The molecular formula is C20H30O2. The molecule has 0 heterocycles. The maximum absolute atomic E-state index is 9.68. The van der Waals surface area contributed by atoms with Crippen molar-refractivity contribution in [2.45, 2.75) is 58.5 Å². The molecule has 1 rings (SSSR count). The van der Waals surface area contributed by atoms with E-state index in [2.05, 4.69) is 37.3 Å². The van der Waals surface area contributed by atoms with E-state index >= 15 is 0 Å². The fourth-order valence-corrected chi connectivity index (χ4v) is 2.26. The lowest BCUT2D eigenvalue weighted by molar-refractivity contribution is 0.0689. The number of benzene rings is 1. The van der Waals surface area contributed by atoms with Crippen molar-refractivity contribution in [2.24, 2.45) is 0 Å². The van der Waals surface area contributed by atoms with Gasteiger partial charge in [0.05, 0.1) is 12.7 Å². The average Bonchev–Trinajstić information content (AvgIpc) is 2.46. The molecule has 1 aromatic rings. The van der Waals surface area contributed by atoms with Crippen molar-refractivity contribution in [3.05, 3.63) is 47.6 Å². The van der Waals surface area contributed by atoms with Crippen molar-refractivity contribution >= 4 is 6.08 Å². The number of hydrogen-bond acceptors (Lipinski definition) is 2. The average molecular weight is 302 g/mol. The molecule has 0 amide bonds. The number of unbranched alkanes of at least 4 members (excludes halogenated alkanes) is 1. The van der Waals surface area contributed by atoms with Gasteiger partial charge < -0.3 is 9.84 Å². The van der Waals surface area contributed by atoms with Gasteiger partial charge in [-0.1, -0.05) is 35.9 Å². The van der Waals surface area contributed by atoms with Gasteiger partial charge in [-0.05, 0) is 70.6 Å². The van der Waals surface area contributed by atoms with E-state index in [1.165, 1.54) is 11.1 Å². The molecule has 1 N–H and O–H groups in total. The highest BCUT2D eigenvalue weighted by molar-refractivity contribution is 5.50. The highest BCUT2D eigenvalue weighted by Crippen LogP contribution is 2.16. The summed E-state index contributed by atoms with van der Waals surface area (Å²) >= 11 is 0. The van der Waals surface area contributed by atoms with Crippen LogP contribution < -0.4 is 4.74 Å². The molecule has 0 aliphatic heterocycles. The second-order valence-corrected chi connectivity index (χ2v) is 6.47. The topological polar surface area (TPSA) is 29.5 Å². The Balaban J connectivity index is 2.25. The Bertz CT molecular complexity index is 475. The molecule has 2 heteroatoms. The second-order valence-electron chi connectivity index (χ2n) is 6.47. The van der Waals surface area contributed by atoms with Crippen LogP contribution in [0, 0.1) is 0 Å². The molecule has 1 aromatic carbocycles. The van der Waals surface area contributed by atoms with Crippen LogP contribution in [0.25, 0.3) is 6.08 Å². The Morgan fingerprint density at radius 3 is 2.45 bits per heavy atom. The van der Waals surface area contributed by atoms with Crippen LogP contribution in [-0.4, -0.2) is 17.8 Å². The van der Waals surface area contributed by atoms with Gasteiger partial charge in [-0.3, -0.25) is 0 Å². The van der Waals surface area contributed by atoms with Crippen molar-refractivity contribution in [3.8, 4) is 5.75 Å². The van der Waals surface area contributed by atoms with Crippen molar-refractivity contribution < 1.29 is 9.84 Å². The summed E-state index contributed by atoms with van der Waals surface area (Å²) in [5, 5.41) is 9.68. The van der Waals surface area contributed by atoms with Crippen LogP contribution in [0.2, 0.25) is 0 Å². The summed E-state index contributed by atoms with van der Waals surface area (Å²) < 4.78 is 5.14. The second kappa shape index (κ2) is 9.47. The normalized spacial score (nSPS) is 12.9. The summed E-state index contributed by atoms with van der Waals surface area (Å²) in [5.74, 6) is 0.891. The number of allylic oxidation sites excluding steroid dienone is 3. The van der Waals surface area contributed by atoms with Gasteiger partial charge in [-0.25, -0.2) is 0 Å². The van der Waals surface area contributed by atoms with Gasteiger partial charge in [0.2, 0.25) is 0 Å². The predicted molar refractivity (Wildman–Crippen MR) is 95.2 cm³/mol. The fourth-order valence-electron chi connectivity index (χ4n) is 2.26. The minimum absolute atomic E-state index is 0.540. The summed E-state index contributed by atoms with van der Waals surface area (Å²) in [6.45, 7) is 5.92. The van der Waals surface area contributed by atoms with E-state index in [9.17, 15) is 5.11 Å². The van der Waals surface area contributed by atoms with Crippen LogP contribution in [0.5, 0.6) is 5.75 Å². The van der Waals surface area contributed by atoms with Crippen LogP contribution in [0.4, 0.5) is 0 Å². The predicted octanol–water partition coefficient (Wildman–Crippen LogP) is 5.38. The zero-order chi connectivity index (χ0) is 16.4. The lowest BCUT2D eigenvalue weighted by atomic mass is 9.99. The molecule has 0 aliphatic rings. The maximum atomic E-state index is 9.68. The molecule has 0 aliphatic carbocycles. The van der Waals surface area contributed by atoms with E-state index in [1.54, 1.807) is 7.11 Å². The van der Waals surface area contributed by atoms with Crippen LogP contribution >= 0.6 is 0 Å². The maximum Gasteiger partial charge on any atom is 0.118 e. The standard InChI is InChI=1S/C20H30O2/c1-17(10-8-16-20(2,3)21)9-6-5-7-11-18-12-14-19(22-4)15-13-18/h7,9,11-15,21H,5-6,8,10,16H2,1-4H3/b11-7+,17-9+. The molecular weight excluding hydrogens is 272 g/mol. The van der Waals surface area contributed by atoms with Gasteiger partial charge in [-0.2, -0.15) is 0 Å². The number of ether oxygens (including phenoxy) is 1. The van der Waals surface area contributed by atoms with E-state index in [1.807, 2.05) is 26.0 Å².